The zero-order valence-electron chi connectivity index (χ0n) is 16.5. The van der Waals surface area contributed by atoms with Crippen LogP contribution in [-0.4, -0.2) is 51.6 Å². The van der Waals surface area contributed by atoms with Crippen LogP contribution >= 0.6 is 11.8 Å². The van der Waals surface area contributed by atoms with Crippen molar-refractivity contribution >= 4 is 39.1 Å². The highest BCUT2D eigenvalue weighted by molar-refractivity contribution is 7.98. The van der Waals surface area contributed by atoms with E-state index in [1.54, 1.807) is 48.2 Å². The zero-order chi connectivity index (χ0) is 21.4. The summed E-state index contributed by atoms with van der Waals surface area (Å²) >= 11 is 1.55. The van der Waals surface area contributed by atoms with Crippen molar-refractivity contribution in [1.82, 2.24) is 5.32 Å². The Labute approximate surface area is 175 Å². The van der Waals surface area contributed by atoms with Gasteiger partial charge in [-0.2, -0.15) is 11.8 Å². The van der Waals surface area contributed by atoms with Crippen LogP contribution in [-0.2, 0) is 14.6 Å². The number of ether oxygens (including phenoxy) is 1. The lowest BCUT2D eigenvalue weighted by molar-refractivity contribution is -0.118. The largest absolute Gasteiger partial charge is 0.496 e. The Balaban J connectivity index is 2.19. The fraction of sp³-hybridized carbons (Fsp3) is 0.300. The molecular formula is C20H24N2O5S2. The Morgan fingerprint density at radius 1 is 1.14 bits per heavy atom. The van der Waals surface area contributed by atoms with Gasteiger partial charge in [0.2, 0.25) is 5.91 Å². The molecule has 2 amide bonds. The first-order valence-electron chi connectivity index (χ1n) is 8.80. The summed E-state index contributed by atoms with van der Waals surface area (Å²) in [6.07, 6.45) is 3.43. The van der Waals surface area contributed by atoms with Gasteiger partial charge in [0.1, 0.15) is 11.8 Å². The van der Waals surface area contributed by atoms with Gasteiger partial charge in [0.25, 0.3) is 5.91 Å². The average molecular weight is 437 g/mol. The molecule has 2 rings (SSSR count). The molecule has 2 N–H and O–H groups in total. The lowest BCUT2D eigenvalue weighted by Crippen LogP contribution is -2.44. The minimum Gasteiger partial charge on any atom is -0.496 e. The molecule has 0 fully saturated rings. The van der Waals surface area contributed by atoms with Crippen molar-refractivity contribution in [1.29, 1.82) is 0 Å². The molecular weight excluding hydrogens is 412 g/mol. The van der Waals surface area contributed by atoms with Gasteiger partial charge in [-0.3, -0.25) is 9.59 Å². The van der Waals surface area contributed by atoms with Crippen LogP contribution in [0.1, 0.15) is 16.8 Å². The molecule has 0 aliphatic heterocycles. The maximum Gasteiger partial charge on any atom is 0.255 e. The van der Waals surface area contributed by atoms with Crippen LogP contribution in [0.25, 0.3) is 0 Å². The number of thioether (sulfide) groups is 1. The summed E-state index contributed by atoms with van der Waals surface area (Å²) in [5, 5.41) is 5.44. The number of methoxy groups -OCH3 is 1. The first-order valence-corrected chi connectivity index (χ1v) is 12.1. The van der Waals surface area contributed by atoms with E-state index in [0.717, 1.165) is 6.26 Å². The Kier molecular flexibility index (Phi) is 8.10. The van der Waals surface area contributed by atoms with Gasteiger partial charge >= 0.3 is 0 Å². The van der Waals surface area contributed by atoms with Crippen LogP contribution in [0.3, 0.4) is 0 Å². The molecule has 0 aromatic heterocycles. The van der Waals surface area contributed by atoms with E-state index in [9.17, 15) is 18.0 Å². The summed E-state index contributed by atoms with van der Waals surface area (Å²) in [6, 6.07) is 12.0. The molecule has 0 saturated carbocycles. The summed E-state index contributed by atoms with van der Waals surface area (Å²) < 4.78 is 28.7. The molecule has 0 aliphatic rings. The van der Waals surface area contributed by atoms with Crippen molar-refractivity contribution in [3.05, 3.63) is 54.1 Å². The number of hydrogen-bond acceptors (Lipinski definition) is 6. The molecule has 2 aromatic rings. The van der Waals surface area contributed by atoms with Crippen LogP contribution in [0.5, 0.6) is 5.75 Å². The summed E-state index contributed by atoms with van der Waals surface area (Å²) in [7, 11) is -1.93. The molecule has 0 radical (unpaired) electrons. The van der Waals surface area contributed by atoms with Gasteiger partial charge in [-0.15, -0.1) is 0 Å². The third-order valence-corrected chi connectivity index (χ3v) is 5.87. The topological polar surface area (TPSA) is 102 Å². The monoisotopic (exact) mass is 436 g/mol. The van der Waals surface area contributed by atoms with E-state index in [1.165, 1.54) is 19.2 Å². The van der Waals surface area contributed by atoms with Crippen LogP contribution in [0.15, 0.2) is 53.4 Å². The van der Waals surface area contributed by atoms with Crippen molar-refractivity contribution in [3.8, 4) is 5.75 Å². The highest BCUT2D eigenvalue weighted by Crippen LogP contribution is 2.19. The smallest absolute Gasteiger partial charge is 0.255 e. The van der Waals surface area contributed by atoms with Gasteiger partial charge in [-0.25, -0.2) is 8.42 Å². The predicted octanol–water partition coefficient (Wildman–Crippen LogP) is 2.59. The number of amides is 2. The number of carbonyl (C=O) groups is 2. The number of hydrogen-bond donors (Lipinski definition) is 2. The minimum absolute atomic E-state index is 0.106. The highest BCUT2D eigenvalue weighted by Gasteiger charge is 2.23. The van der Waals surface area contributed by atoms with Crippen LogP contribution in [0, 0.1) is 0 Å². The van der Waals surface area contributed by atoms with E-state index in [4.69, 9.17) is 4.74 Å². The van der Waals surface area contributed by atoms with Gasteiger partial charge in [-0.05, 0) is 48.8 Å². The molecule has 1 atom stereocenters. The SMILES string of the molecule is COc1ccccc1C(=O)NC(CCSC)C(=O)Nc1cccc(S(C)(=O)=O)c1. The molecule has 0 heterocycles. The van der Waals surface area contributed by atoms with Gasteiger partial charge in [0.05, 0.1) is 17.6 Å². The maximum absolute atomic E-state index is 12.8. The molecule has 0 aliphatic carbocycles. The van der Waals surface area contributed by atoms with Crippen molar-refractivity contribution in [2.45, 2.75) is 17.4 Å². The van der Waals surface area contributed by atoms with Crippen LogP contribution < -0.4 is 15.4 Å². The van der Waals surface area contributed by atoms with E-state index in [-0.39, 0.29) is 4.90 Å². The Bertz CT molecular complexity index is 976. The summed E-state index contributed by atoms with van der Waals surface area (Å²) in [4.78, 5) is 25.6. The maximum atomic E-state index is 12.8. The normalized spacial score (nSPS) is 12.1. The fourth-order valence-corrected chi connectivity index (χ4v) is 3.74. The molecule has 0 saturated heterocycles. The Morgan fingerprint density at radius 3 is 2.52 bits per heavy atom. The number of carbonyl (C=O) groups excluding carboxylic acids is 2. The van der Waals surface area contributed by atoms with Crippen molar-refractivity contribution < 1.29 is 22.7 Å². The van der Waals surface area contributed by atoms with E-state index in [0.29, 0.717) is 29.2 Å². The number of benzene rings is 2. The first-order chi connectivity index (χ1) is 13.8. The lowest BCUT2D eigenvalue weighted by atomic mass is 10.1. The van der Waals surface area contributed by atoms with Gasteiger partial charge in [0.15, 0.2) is 9.84 Å². The van der Waals surface area contributed by atoms with Crippen LogP contribution in [0.2, 0.25) is 0 Å². The summed E-state index contributed by atoms with van der Waals surface area (Å²) in [5.74, 6) is 0.227. The zero-order valence-corrected chi connectivity index (χ0v) is 18.1. The molecule has 2 aromatic carbocycles. The van der Waals surface area contributed by atoms with Crippen molar-refractivity contribution in [3.63, 3.8) is 0 Å². The third-order valence-electron chi connectivity index (χ3n) is 4.11. The average Bonchev–Trinajstić information content (AvgIpc) is 2.70. The van der Waals surface area contributed by atoms with E-state index >= 15 is 0 Å². The number of anilines is 1. The molecule has 9 heteroatoms. The number of nitrogens with one attached hydrogen (secondary N) is 2. The second-order valence-corrected chi connectivity index (χ2v) is 9.30. The fourth-order valence-electron chi connectivity index (χ4n) is 2.61. The van der Waals surface area contributed by atoms with E-state index < -0.39 is 27.7 Å². The van der Waals surface area contributed by atoms with Gasteiger partial charge in [-0.1, -0.05) is 18.2 Å². The predicted molar refractivity (Wildman–Crippen MR) is 115 cm³/mol. The standard InChI is InChI=1S/C20H24N2O5S2/c1-27-18-10-5-4-9-16(18)19(23)22-17(11-12-28-2)20(24)21-14-7-6-8-15(13-14)29(3,25)26/h4-10,13,17H,11-12H2,1-3H3,(H,21,24)(H,22,23). The first kappa shape index (κ1) is 22.8. The van der Waals surface area contributed by atoms with Crippen LogP contribution in [0.4, 0.5) is 5.69 Å². The Hall–Kier alpha value is -2.52. The third kappa shape index (κ3) is 6.50. The summed E-state index contributed by atoms with van der Waals surface area (Å²) in [6.45, 7) is 0. The molecule has 7 nitrogen and oxygen atoms in total. The molecule has 156 valence electrons. The lowest BCUT2D eigenvalue weighted by Gasteiger charge is -2.19. The molecule has 1 unspecified atom stereocenters. The van der Waals surface area contributed by atoms with Gasteiger partial charge in [0, 0.05) is 11.9 Å². The second-order valence-electron chi connectivity index (χ2n) is 6.30. The quantitative estimate of drug-likeness (QED) is 0.627. The van der Waals surface area contributed by atoms with Crippen molar-refractivity contribution in [2.24, 2.45) is 0 Å². The van der Waals surface area contributed by atoms with E-state index in [1.807, 2.05) is 6.26 Å². The molecule has 0 bridgehead atoms. The number of rotatable bonds is 9. The summed E-state index contributed by atoms with van der Waals surface area (Å²) in [5.41, 5.74) is 0.676. The van der Waals surface area contributed by atoms with Gasteiger partial charge < -0.3 is 15.4 Å². The number of para-hydroxylation sites is 1. The second kappa shape index (κ2) is 10.3. The Morgan fingerprint density at radius 2 is 1.86 bits per heavy atom. The minimum atomic E-state index is -3.40. The highest BCUT2D eigenvalue weighted by atomic mass is 32.2. The number of sulfone groups is 1. The van der Waals surface area contributed by atoms with Crippen molar-refractivity contribution in [2.75, 3.05) is 30.7 Å². The molecule has 0 spiro atoms. The molecule has 29 heavy (non-hydrogen) atoms. The van der Waals surface area contributed by atoms with E-state index in [2.05, 4.69) is 10.6 Å².